The van der Waals surface area contributed by atoms with Crippen molar-refractivity contribution in [1.29, 1.82) is 0 Å². The summed E-state index contributed by atoms with van der Waals surface area (Å²) < 4.78 is 7.41. The minimum Gasteiger partial charge on any atom is -0.382 e. The van der Waals surface area contributed by atoms with Gasteiger partial charge in [-0.2, -0.15) is 5.10 Å². The van der Waals surface area contributed by atoms with Crippen LogP contribution in [0.25, 0.3) is 0 Å². The summed E-state index contributed by atoms with van der Waals surface area (Å²) in [4.78, 5) is 11.9. The van der Waals surface area contributed by atoms with E-state index in [9.17, 15) is 4.79 Å². The summed E-state index contributed by atoms with van der Waals surface area (Å²) in [6.07, 6.45) is 3.98. The molecule has 0 aliphatic carbocycles. The van der Waals surface area contributed by atoms with Crippen molar-refractivity contribution in [1.82, 2.24) is 9.78 Å². The van der Waals surface area contributed by atoms with Gasteiger partial charge in [-0.05, 0) is 41.6 Å². The van der Waals surface area contributed by atoms with Gasteiger partial charge in [-0.3, -0.25) is 4.79 Å². The number of hydrogen-bond donors (Lipinski definition) is 1. The lowest BCUT2D eigenvalue weighted by Gasteiger charge is -2.22. The highest BCUT2D eigenvalue weighted by atomic mass is 79.9. The van der Waals surface area contributed by atoms with E-state index in [2.05, 4.69) is 26.3 Å². The van der Waals surface area contributed by atoms with Crippen LogP contribution in [0.3, 0.4) is 0 Å². The van der Waals surface area contributed by atoms with Gasteiger partial charge in [0.1, 0.15) is 4.47 Å². The molecule has 0 saturated carbocycles. The second-order valence-corrected chi connectivity index (χ2v) is 5.25. The molecule has 0 aromatic carbocycles. The van der Waals surface area contributed by atoms with Crippen LogP contribution in [0, 0.1) is 5.92 Å². The van der Waals surface area contributed by atoms with Crippen LogP contribution in [-0.2, 0) is 11.3 Å². The molecule has 1 unspecified atom stereocenters. The third kappa shape index (κ3) is 3.11. The zero-order valence-corrected chi connectivity index (χ0v) is 12.1. The zero-order valence-electron chi connectivity index (χ0n) is 10.5. The molecule has 0 spiro atoms. The number of ether oxygens (including phenoxy) is 1. The summed E-state index contributed by atoms with van der Waals surface area (Å²) in [5.41, 5.74) is 0.665. The third-order valence-electron chi connectivity index (χ3n) is 3.12. The Bertz CT molecular complexity index is 455. The van der Waals surface area contributed by atoms with E-state index in [1.165, 1.54) is 11.1 Å². The molecule has 1 fully saturated rings. The Hall–Kier alpha value is -0.880. The molecule has 1 aromatic heterocycles. The Morgan fingerprint density at radius 2 is 2.50 bits per heavy atom. The number of rotatable bonds is 4. The van der Waals surface area contributed by atoms with Gasteiger partial charge >= 0.3 is 0 Å². The minimum absolute atomic E-state index is 0.0950. The molecule has 1 N–H and O–H groups in total. The zero-order chi connectivity index (χ0) is 13.0. The minimum atomic E-state index is -0.0950. The molecule has 0 bridgehead atoms. The van der Waals surface area contributed by atoms with E-state index in [0.29, 0.717) is 16.9 Å². The van der Waals surface area contributed by atoms with E-state index < -0.39 is 0 Å². The Balaban J connectivity index is 2.01. The highest BCUT2D eigenvalue weighted by Crippen LogP contribution is 2.19. The average molecular weight is 316 g/mol. The lowest BCUT2D eigenvalue weighted by atomic mass is 10.0. The molecule has 0 amide bonds. The van der Waals surface area contributed by atoms with Gasteiger partial charge in [-0.25, -0.2) is 4.68 Å². The van der Waals surface area contributed by atoms with Crippen LogP contribution in [0.2, 0.25) is 0 Å². The monoisotopic (exact) mass is 315 g/mol. The van der Waals surface area contributed by atoms with E-state index in [4.69, 9.17) is 4.74 Å². The topological polar surface area (TPSA) is 56.1 Å². The molecule has 1 aromatic rings. The fraction of sp³-hybridized carbons (Fsp3) is 0.667. The molecule has 0 radical (unpaired) electrons. The van der Waals surface area contributed by atoms with Gasteiger partial charge in [0.2, 0.25) is 0 Å². The Labute approximate surface area is 115 Å². The van der Waals surface area contributed by atoms with Gasteiger partial charge in [-0.1, -0.05) is 0 Å². The van der Waals surface area contributed by atoms with E-state index in [1.807, 2.05) is 6.92 Å². The van der Waals surface area contributed by atoms with Crippen molar-refractivity contribution in [3.63, 3.8) is 0 Å². The van der Waals surface area contributed by atoms with Gasteiger partial charge in [0.25, 0.3) is 5.56 Å². The predicted molar refractivity (Wildman–Crippen MR) is 73.9 cm³/mol. The first-order valence-electron chi connectivity index (χ1n) is 6.29. The van der Waals surface area contributed by atoms with Gasteiger partial charge < -0.3 is 10.1 Å². The number of anilines is 1. The molecule has 1 atom stereocenters. The molecule has 2 rings (SSSR count). The smallest absolute Gasteiger partial charge is 0.283 e. The Morgan fingerprint density at radius 3 is 3.17 bits per heavy atom. The predicted octanol–water partition coefficient (Wildman–Crippen LogP) is 1.86. The molecule has 2 heterocycles. The first-order valence-corrected chi connectivity index (χ1v) is 7.09. The summed E-state index contributed by atoms with van der Waals surface area (Å²) in [6.45, 7) is 4.95. The van der Waals surface area contributed by atoms with Crippen LogP contribution in [-0.4, -0.2) is 29.5 Å². The molecule has 1 aliphatic heterocycles. The molecular formula is C12H18BrN3O2. The molecule has 6 heteroatoms. The van der Waals surface area contributed by atoms with E-state index >= 15 is 0 Å². The number of nitrogens with zero attached hydrogens (tertiary/aromatic N) is 2. The van der Waals surface area contributed by atoms with E-state index in [-0.39, 0.29) is 5.56 Å². The van der Waals surface area contributed by atoms with Crippen molar-refractivity contribution in [3.05, 3.63) is 21.0 Å². The van der Waals surface area contributed by atoms with Gasteiger partial charge in [-0.15, -0.1) is 0 Å². The van der Waals surface area contributed by atoms with Gasteiger partial charge in [0, 0.05) is 19.7 Å². The molecular weight excluding hydrogens is 298 g/mol. The maximum absolute atomic E-state index is 11.9. The van der Waals surface area contributed by atoms with Crippen LogP contribution >= 0.6 is 15.9 Å². The number of aromatic nitrogens is 2. The number of halogens is 1. The molecule has 5 nitrogen and oxygen atoms in total. The second-order valence-electron chi connectivity index (χ2n) is 4.46. The van der Waals surface area contributed by atoms with Crippen LogP contribution in [0.4, 0.5) is 5.69 Å². The maximum Gasteiger partial charge on any atom is 0.283 e. The fourth-order valence-corrected chi connectivity index (χ4v) is 2.48. The van der Waals surface area contributed by atoms with Gasteiger partial charge in [0.05, 0.1) is 18.5 Å². The van der Waals surface area contributed by atoms with E-state index in [0.717, 1.165) is 31.9 Å². The third-order valence-corrected chi connectivity index (χ3v) is 3.89. The summed E-state index contributed by atoms with van der Waals surface area (Å²) >= 11 is 3.33. The fourth-order valence-electron chi connectivity index (χ4n) is 2.04. The maximum atomic E-state index is 11.9. The van der Waals surface area contributed by atoms with E-state index in [1.54, 1.807) is 6.20 Å². The highest BCUT2D eigenvalue weighted by Gasteiger charge is 2.15. The standard InChI is InChI=1S/C12H18BrN3O2/c1-2-16-12(17)11(13)10(7-15-16)14-6-9-4-3-5-18-8-9/h7,9,14H,2-6,8H2,1H3. The van der Waals surface area contributed by atoms with Crippen molar-refractivity contribution in [3.8, 4) is 0 Å². The van der Waals surface area contributed by atoms with Gasteiger partial charge in [0.15, 0.2) is 0 Å². The SMILES string of the molecule is CCn1ncc(NCC2CCCOC2)c(Br)c1=O. The Kier molecular flexibility index (Phi) is 4.77. The van der Waals surface area contributed by atoms with Crippen LogP contribution in [0.1, 0.15) is 19.8 Å². The van der Waals surface area contributed by atoms with Crippen molar-refractivity contribution in [2.24, 2.45) is 5.92 Å². The van der Waals surface area contributed by atoms with Crippen LogP contribution in [0.5, 0.6) is 0 Å². The first-order chi connectivity index (χ1) is 8.72. The highest BCUT2D eigenvalue weighted by molar-refractivity contribution is 9.10. The molecule has 1 aliphatic rings. The molecule has 18 heavy (non-hydrogen) atoms. The molecule has 100 valence electrons. The summed E-state index contributed by atoms with van der Waals surface area (Å²) in [5, 5.41) is 7.37. The van der Waals surface area contributed by atoms with Crippen molar-refractivity contribution in [2.75, 3.05) is 25.1 Å². The number of aryl methyl sites for hydroxylation is 1. The average Bonchev–Trinajstić information content (AvgIpc) is 2.42. The number of nitrogens with one attached hydrogen (secondary N) is 1. The Morgan fingerprint density at radius 1 is 1.67 bits per heavy atom. The van der Waals surface area contributed by atoms with Crippen molar-refractivity contribution in [2.45, 2.75) is 26.3 Å². The summed E-state index contributed by atoms with van der Waals surface area (Å²) in [5.74, 6) is 0.513. The normalized spacial score (nSPS) is 19.8. The largest absolute Gasteiger partial charge is 0.382 e. The lowest BCUT2D eigenvalue weighted by molar-refractivity contribution is 0.0595. The van der Waals surface area contributed by atoms with Crippen molar-refractivity contribution < 1.29 is 4.74 Å². The van der Waals surface area contributed by atoms with Crippen LogP contribution in [0.15, 0.2) is 15.5 Å². The summed E-state index contributed by atoms with van der Waals surface area (Å²) in [7, 11) is 0. The number of hydrogen-bond acceptors (Lipinski definition) is 4. The van der Waals surface area contributed by atoms with Crippen LogP contribution < -0.4 is 10.9 Å². The first kappa shape index (κ1) is 13.5. The lowest BCUT2D eigenvalue weighted by Crippen LogP contribution is -2.27. The summed E-state index contributed by atoms with van der Waals surface area (Å²) in [6, 6.07) is 0. The molecule has 1 saturated heterocycles. The quantitative estimate of drug-likeness (QED) is 0.921. The van der Waals surface area contributed by atoms with Crippen molar-refractivity contribution >= 4 is 21.6 Å². The second kappa shape index (κ2) is 6.33.